The summed E-state index contributed by atoms with van der Waals surface area (Å²) in [4.78, 5) is 32.6. The first-order valence-corrected chi connectivity index (χ1v) is 4.38. The average Bonchev–Trinajstić information content (AvgIpc) is 2.12. The van der Waals surface area contributed by atoms with E-state index in [0.29, 0.717) is 0 Å². The minimum atomic E-state index is -1.24. The van der Waals surface area contributed by atoms with Crippen LogP contribution in [0.5, 0.6) is 0 Å². The highest BCUT2D eigenvalue weighted by molar-refractivity contribution is 5.76. The SMILES string of the molecule is O=C(O)CN(CC(=O)O)CC(=O)OCCO. The molecule has 8 nitrogen and oxygen atoms in total. The molecule has 0 saturated carbocycles. The number of carbonyl (C=O) groups is 3. The second-order valence-electron chi connectivity index (χ2n) is 2.88. The molecule has 0 unspecified atom stereocenters. The van der Waals surface area contributed by atoms with Crippen molar-refractivity contribution in [2.24, 2.45) is 0 Å². The van der Waals surface area contributed by atoms with Gasteiger partial charge in [-0.3, -0.25) is 19.3 Å². The van der Waals surface area contributed by atoms with Crippen molar-refractivity contribution < 1.29 is 34.4 Å². The third-order valence-corrected chi connectivity index (χ3v) is 1.42. The van der Waals surface area contributed by atoms with Gasteiger partial charge in [-0.2, -0.15) is 0 Å². The molecule has 92 valence electrons. The van der Waals surface area contributed by atoms with E-state index < -0.39 is 37.5 Å². The van der Waals surface area contributed by atoms with Crippen molar-refractivity contribution in [3.05, 3.63) is 0 Å². The van der Waals surface area contributed by atoms with Crippen molar-refractivity contribution in [1.82, 2.24) is 4.90 Å². The molecule has 0 rings (SSSR count). The molecular formula is C8H13NO7. The molecule has 0 heterocycles. The molecule has 0 bridgehead atoms. The first-order chi connectivity index (χ1) is 7.45. The van der Waals surface area contributed by atoms with Gasteiger partial charge in [-0.15, -0.1) is 0 Å². The summed E-state index contributed by atoms with van der Waals surface area (Å²) in [5.41, 5.74) is 0. The number of carboxylic acid groups (broad SMARTS) is 2. The summed E-state index contributed by atoms with van der Waals surface area (Å²) in [5, 5.41) is 25.3. The molecular weight excluding hydrogens is 222 g/mol. The third-order valence-electron chi connectivity index (χ3n) is 1.42. The number of rotatable bonds is 8. The molecule has 0 aliphatic heterocycles. The largest absolute Gasteiger partial charge is 0.480 e. The zero-order valence-electron chi connectivity index (χ0n) is 8.46. The highest BCUT2D eigenvalue weighted by Crippen LogP contribution is 1.91. The van der Waals surface area contributed by atoms with Gasteiger partial charge in [-0.05, 0) is 0 Å². The maximum Gasteiger partial charge on any atom is 0.320 e. The van der Waals surface area contributed by atoms with E-state index in [1.54, 1.807) is 0 Å². The Labute approximate surface area is 91.0 Å². The number of esters is 1. The standard InChI is InChI=1S/C8H13NO7/c10-1-2-16-8(15)5-9(3-6(11)12)4-7(13)14/h10H,1-5H2,(H,11,12)(H,13,14). The van der Waals surface area contributed by atoms with Gasteiger partial charge in [0.2, 0.25) is 0 Å². The Balaban J connectivity index is 4.13. The Morgan fingerprint density at radius 2 is 1.50 bits per heavy atom. The fourth-order valence-corrected chi connectivity index (χ4v) is 0.938. The molecule has 0 amide bonds. The van der Waals surface area contributed by atoms with Gasteiger partial charge in [-0.25, -0.2) is 0 Å². The Morgan fingerprint density at radius 1 is 1.00 bits per heavy atom. The van der Waals surface area contributed by atoms with E-state index >= 15 is 0 Å². The summed E-state index contributed by atoms with van der Waals surface area (Å²) >= 11 is 0. The maximum atomic E-state index is 11.0. The van der Waals surface area contributed by atoms with Crippen molar-refractivity contribution in [3.8, 4) is 0 Å². The number of carbonyl (C=O) groups excluding carboxylic acids is 1. The fraction of sp³-hybridized carbons (Fsp3) is 0.625. The van der Waals surface area contributed by atoms with E-state index in [0.717, 1.165) is 4.90 Å². The molecule has 0 aromatic heterocycles. The number of aliphatic hydroxyl groups is 1. The van der Waals surface area contributed by atoms with Gasteiger partial charge in [0.25, 0.3) is 0 Å². The quantitative estimate of drug-likeness (QED) is 0.412. The predicted octanol–water partition coefficient (Wildman–Crippen LogP) is -2.01. The highest BCUT2D eigenvalue weighted by Gasteiger charge is 2.17. The van der Waals surface area contributed by atoms with Crippen LogP contribution in [0.1, 0.15) is 0 Å². The van der Waals surface area contributed by atoms with Crippen LogP contribution in [-0.2, 0) is 19.1 Å². The van der Waals surface area contributed by atoms with Gasteiger partial charge >= 0.3 is 17.9 Å². The topological polar surface area (TPSA) is 124 Å². The number of carboxylic acids is 2. The molecule has 8 heteroatoms. The third kappa shape index (κ3) is 7.71. The fourth-order valence-electron chi connectivity index (χ4n) is 0.938. The van der Waals surface area contributed by atoms with Gasteiger partial charge in [-0.1, -0.05) is 0 Å². The molecule has 0 spiro atoms. The molecule has 16 heavy (non-hydrogen) atoms. The van der Waals surface area contributed by atoms with Crippen molar-refractivity contribution in [2.45, 2.75) is 0 Å². The maximum absolute atomic E-state index is 11.0. The summed E-state index contributed by atoms with van der Waals surface area (Å²) in [5.74, 6) is -3.26. The van der Waals surface area contributed by atoms with E-state index in [9.17, 15) is 14.4 Å². The van der Waals surface area contributed by atoms with Crippen LogP contribution in [0.4, 0.5) is 0 Å². The number of aliphatic carboxylic acids is 2. The Morgan fingerprint density at radius 3 is 1.88 bits per heavy atom. The summed E-state index contributed by atoms with van der Waals surface area (Å²) in [6.45, 7) is -2.13. The van der Waals surface area contributed by atoms with Crippen molar-refractivity contribution in [2.75, 3.05) is 32.8 Å². The Bertz CT molecular complexity index is 249. The van der Waals surface area contributed by atoms with E-state index in [1.165, 1.54) is 0 Å². The molecule has 0 aromatic rings. The van der Waals surface area contributed by atoms with E-state index in [4.69, 9.17) is 15.3 Å². The zero-order chi connectivity index (χ0) is 12.6. The molecule has 0 aliphatic rings. The van der Waals surface area contributed by atoms with Crippen LogP contribution in [0.2, 0.25) is 0 Å². The number of nitrogens with zero attached hydrogens (tertiary/aromatic N) is 1. The van der Waals surface area contributed by atoms with Gasteiger partial charge in [0.05, 0.1) is 26.2 Å². The van der Waals surface area contributed by atoms with Crippen molar-refractivity contribution in [1.29, 1.82) is 0 Å². The number of aliphatic hydroxyl groups excluding tert-OH is 1. The summed E-state index contributed by atoms with van der Waals surface area (Å²) in [6.07, 6.45) is 0. The van der Waals surface area contributed by atoms with Crippen LogP contribution in [0.15, 0.2) is 0 Å². The zero-order valence-corrected chi connectivity index (χ0v) is 8.46. The Kier molecular flexibility index (Phi) is 6.81. The van der Waals surface area contributed by atoms with Gasteiger partial charge in [0, 0.05) is 0 Å². The molecule has 0 radical (unpaired) electrons. The van der Waals surface area contributed by atoms with Crippen molar-refractivity contribution >= 4 is 17.9 Å². The molecule has 0 fully saturated rings. The van der Waals surface area contributed by atoms with Crippen LogP contribution < -0.4 is 0 Å². The molecule has 0 atom stereocenters. The number of hydrogen-bond acceptors (Lipinski definition) is 6. The monoisotopic (exact) mass is 235 g/mol. The van der Waals surface area contributed by atoms with E-state index in [-0.39, 0.29) is 13.2 Å². The molecule has 3 N–H and O–H groups in total. The minimum absolute atomic E-state index is 0.202. The van der Waals surface area contributed by atoms with Gasteiger partial charge in [0.15, 0.2) is 0 Å². The van der Waals surface area contributed by atoms with Gasteiger partial charge in [0.1, 0.15) is 6.61 Å². The summed E-state index contributed by atoms with van der Waals surface area (Å²) in [7, 11) is 0. The second-order valence-corrected chi connectivity index (χ2v) is 2.88. The summed E-state index contributed by atoms with van der Waals surface area (Å²) in [6, 6.07) is 0. The molecule has 0 saturated heterocycles. The van der Waals surface area contributed by atoms with Crippen molar-refractivity contribution in [3.63, 3.8) is 0 Å². The van der Waals surface area contributed by atoms with E-state index in [2.05, 4.69) is 4.74 Å². The van der Waals surface area contributed by atoms with E-state index in [1.807, 2.05) is 0 Å². The van der Waals surface area contributed by atoms with Crippen LogP contribution in [0.25, 0.3) is 0 Å². The van der Waals surface area contributed by atoms with Crippen LogP contribution in [0, 0.1) is 0 Å². The van der Waals surface area contributed by atoms with Crippen LogP contribution in [0.3, 0.4) is 0 Å². The van der Waals surface area contributed by atoms with Gasteiger partial charge < -0.3 is 20.1 Å². The number of hydrogen-bond donors (Lipinski definition) is 3. The first-order valence-electron chi connectivity index (χ1n) is 4.38. The minimum Gasteiger partial charge on any atom is -0.480 e. The Hall–Kier alpha value is -1.67. The lowest BCUT2D eigenvalue weighted by atomic mass is 10.4. The first kappa shape index (κ1) is 14.3. The van der Waals surface area contributed by atoms with Crippen LogP contribution >= 0.6 is 0 Å². The smallest absolute Gasteiger partial charge is 0.320 e. The predicted molar refractivity (Wildman–Crippen MR) is 49.8 cm³/mol. The summed E-state index contributed by atoms with van der Waals surface area (Å²) < 4.78 is 4.47. The number of ether oxygens (including phenoxy) is 1. The average molecular weight is 235 g/mol. The highest BCUT2D eigenvalue weighted by atomic mass is 16.5. The lowest BCUT2D eigenvalue weighted by Gasteiger charge is -2.16. The molecule has 0 aromatic carbocycles. The normalized spacial score (nSPS) is 10.1. The molecule has 0 aliphatic carbocycles. The lowest BCUT2D eigenvalue weighted by Crippen LogP contribution is -2.39. The second kappa shape index (κ2) is 7.60. The van der Waals surface area contributed by atoms with Crippen LogP contribution in [-0.4, -0.2) is 71.0 Å². The lowest BCUT2D eigenvalue weighted by molar-refractivity contribution is -0.148.